The van der Waals surface area contributed by atoms with E-state index in [1.807, 2.05) is 33.1 Å². The number of rotatable bonds is 5. The van der Waals surface area contributed by atoms with Crippen LogP contribution in [0.1, 0.15) is 49.1 Å². The van der Waals surface area contributed by atoms with E-state index in [4.69, 9.17) is 0 Å². The third-order valence-corrected chi connectivity index (χ3v) is 6.14. The maximum Gasteiger partial charge on any atom is 0.330 e. The summed E-state index contributed by atoms with van der Waals surface area (Å²) in [5.74, 6) is 0.586. The number of hydrogen-bond donors (Lipinski definition) is 0. The molecule has 0 N–H and O–H groups in total. The van der Waals surface area contributed by atoms with Crippen molar-refractivity contribution in [2.75, 3.05) is 13.1 Å². The van der Waals surface area contributed by atoms with Crippen LogP contribution in [0.25, 0.3) is 11.2 Å². The van der Waals surface area contributed by atoms with Crippen molar-refractivity contribution in [3.63, 3.8) is 0 Å². The van der Waals surface area contributed by atoms with E-state index in [2.05, 4.69) is 10.1 Å². The molecule has 2 aliphatic rings. The molecule has 1 atom stereocenters. The van der Waals surface area contributed by atoms with Crippen molar-refractivity contribution in [3.8, 4) is 0 Å². The summed E-state index contributed by atoms with van der Waals surface area (Å²) >= 11 is 0. The molecule has 1 aliphatic heterocycles. The number of aryl methyl sites for hydroxylation is 1. The number of carbonyl (C=O) groups is 1. The molecule has 29 heavy (non-hydrogen) atoms. The fourth-order valence-electron chi connectivity index (χ4n) is 4.45. The molecule has 1 aliphatic carbocycles. The lowest BCUT2D eigenvalue weighted by atomic mass is 10.0. The molecule has 8 nitrogen and oxygen atoms in total. The van der Waals surface area contributed by atoms with Crippen LogP contribution in [-0.2, 0) is 13.1 Å². The number of hydrogen-bond acceptors (Lipinski definition) is 4. The van der Waals surface area contributed by atoms with Crippen LogP contribution in [-0.4, -0.2) is 47.8 Å². The lowest BCUT2D eigenvalue weighted by Gasteiger charge is -2.33. The summed E-state index contributed by atoms with van der Waals surface area (Å²) in [6, 6.07) is 5.58. The van der Waals surface area contributed by atoms with Crippen LogP contribution < -0.4 is 5.69 Å². The van der Waals surface area contributed by atoms with Gasteiger partial charge in [-0.2, -0.15) is 5.10 Å². The summed E-state index contributed by atoms with van der Waals surface area (Å²) < 4.78 is 5.43. The van der Waals surface area contributed by atoms with Crippen LogP contribution in [0.3, 0.4) is 0 Å². The molecule has 8 heteroatoms. The van der Waals surface area contributed by atoms with Crippen LogP contribution >= 0.6 is 0 Å². The van der Waals surface area contributed by atoms with Crippen molar-refractivity contribution >= 4 is 17.1 Å². The lowest BCUT2D eigenvalue weighted by molar-refractivity contribution is 0.0666. The van der Waals surface area contributed by atoms with Crippen molar-refractivity contribution in [1.82, 2.24) is 28.8 Å². The predicted molar refractivity (Wildman–Crippen MR) is 109 cm³/mol. The van der Waals surface area contributed by atoms with E-state index in [0.717, 1.165) is 30.6 Å². The number of amides is 1. The molecular formula is C21H26N6O2. The Morgan fingerprint density at radius 2 is 2.07 bits per heavy atom. The molecule has 0 bridgehead atoms. The van der Waals surface area contributed by atoms with Gasteiger partial charge < -0.3 is 4.90 Å². The number of fused-ring (bicyclic) bond motifs is 1. The Balaban J connectivity index is 1.48. The number of carbonyl (C=O) groups excluding carboxylic acids is 1. The van der Waals surface area contributed by atoms with Crippen LogP contribution in [0.5, 0.6) is 0 Å². The second-order valence-corrected chi connectivity index (χ2v) is 8.13. The fourth-order valence-corrected chi connectivity index (χ4v) is 4.45. The van der Waals surface area contributed by atoms with Gasteiger partial charge in [-0.25, -0.2) is 9.78 Å². The lowest BCUT2D eigenvalue weighted by Crippen LogP contribution is -2.43. The number of aromatic nitrogens is 5. The Morgan fingerprint density at radius 3 is 2.86 bits per heavy atom. The number of piperidine rings is 1. The molecule has 5 rings (SSSR count). The monoisotopic (exact) mass is 394 g/mol. The summed E-state index contributed by atoms with van der Waals surface area (Å²) in [4.78, 5) is 32.8. The Bertz CT molecular complexity index is 1110. The first kappa shape index (κ1) is 18.1. The molecule has 2 fully saturated rings. The fraction of sp³-hybridized carbons (Fsp3) is 0.524. The number of nitrogens with zero attached hydrogens (tertiary/aromatic N) is 6. The zero-order valence-electron chi connectivity index (χ0n) is 16.7. The van der Waals surface area contributed by atoms with E-state index < -0.39 is 0 Å². The Morgan fingerprint density at radius 1 is 1.21 bits per heavy atom. The quantitative estimate of drug-likeness (QED) is 0.665. The highest BCUT2D eigenvalue weighted by Crippen LogP contribution is 2.32. The van der Waals surface area contributed by atoms with Gasteiger partial charge in [0.2, 0.25) is 0 Å². The van der Waals surface area contributed by atoms with Crippen molar-refractivity contribution in [2.24, 2.45) is 5.92 Å². The van der Waals surface area contributed by atoms with Crippen molar-refractivity contribution in [2.45, 2.75) is 51.7 Å². The first-order valence-corrected chi connectivity index (χ1v) is 10.5. The second kappa shape index (κ2) is 7.17. The third kappa shape index (κ3) is 3.16. The molecule has 3 aromatic rings. The van der Waals surface area contributed by atoms with Gasteiger partial charge in [0, 0.05) is 38.6 Å². The normalized spacial score (nSPS) is 19.8. The maximum atomic E-state index is 13.3. The first-order valence-electron chi connectivity index (χ1n) is 10.5. The minimum absolute atomic E-state index is 0.00324. The maximum absolute atomic E-state index is 13.3. The van der Waals surface area contributed by atoms with Crippen LogP contribution in [0, 0.1) is 5.92 Å². The van der Waals surface area contributed by atoms with Crippen LogP contribution in [0.15, 0.2) is 35.4 Å². The van der Waals surface area contributed by atoms with E-state index in [1.165, 1.54) is 12.8 Å². The average Bonchev–Trinajstić information content (AvgIpc) is 3.37. The van der Waals surface area contributed by atoms with Gasteiger partial charge in [-0.15, -0.1) is 0 Å². The highest BCUT2D eigenvalue weighted by Gasteiger charge is 2.31. The molecule has 152 valence electrons. The Kier molecular flexibility index (Phi) is 4.49. The predicted octanol–water partition coefficient (Wildman–Crippen LogP) is 2.30. The van der Waals surface area contributed by atoms with Crippen LogP contribution in [0.4, 0.5) is 0 Å². The molecule has 3 aromatic heterocycles. The van der Waals surface area contributed by atoms with Crippen molar-refractivity contribution in [3.05, 3.63) is 46.8 Å². The number of likely N-dealkylation sites (tertiary alicyclic amines) is 1. The highest BCUT2D eigenvalue weighted by atomic mass is 16.2. The molecule has 1 amide bonds. The molecule has 1 saturated heterocycles. The van der Waals surface area contributed by atoms with Gasteiger partial charge in [0.05, 0.1) is 11.6 Å². The summed E-state index contributed by atoms with van der Waals surface area (Å²) in [5.41, 5.74) is 2.24. The molecule has 1 saturated carbocycles. The zero-order chi connectivity index (χ0) is 20.0. The smallest absolute Gasteiger partial charge is 0.330 e. The standard InChI is InChI=1S/C21H26N6O2/c1-2-26-18(9-11-23-26)20(28)24-12-4-5-16(14-24)27-19-17(6-3-10-22-19)25(21(27)29)13-15-7-8-15/h3,6,9-11,15-16H,2,4-5,7-8,12-14H2,1H3/t16-/m0/s1. The van der Waals surface area contributed by atoms with Gasteiger partial charge >= 0.3 is 5.69 Å². The van der Waals surface area contributed by atoms with Crippen LogP contribution in [0.2, 0.25) is 0 Å². The van der Waals surface area contributed by atoms with Gasteiger partial charge in [0.15, 0.2) is 5.65 Å². The van der Waals surface area contributed by atoms with E-state index in [1.54, 1.807) is 23.1 Å². The number of imidazole rings is 1. The Labute approximate surface area is 168 Å². The zero-order valence-corrected chi connectivity index (χ0v) is 16.7. The number of pyridine rings is 1. The molecule has 0 spiro atoms. The van der Waals surface area contributed by atoms with Crippen molar-refractivity contribution in [1.29, 1.82) is 0 Å². The summed E-state index contributed by atoms with van der Waals surface area (Å²) in [5, 5.41) is 4.22. The summed E-state index contributed by atoms with van der Waals surface area (Å²) in [7, 11) is 0. The average molecular weight is 394 g/mol. The van der Waals surface area contributed by atoms with Gasteiger partial charge in [-0.05, 0) is 56.7 Å². The molecular weight excluding hydrogens is 368 g/mol. The summed E-state index contributed by atoms with van der Waals surface area (Å²) in [6.45, 7) is 4.62. The second-order valence-electron chi connectivity index (χ2n) is 8.13. The van der Waals surface area contributed by atoms with Gasteiger partial charge in [0.1, 0.15) is 5.69 Å². The van der Waals surface area contributed by atoms with Gasteiger partial charge in [-0.3, -0.25) is 18.6 Å². The summed E-state index contributed by atoms with van der Waals surface area (Å²) in [6.07, 6.45) is 7.52. The van der Waals surface area contributed by atoms with E-state index in [9.17, 15) is 9.59 Å². The minimum atomic E-state index is -0.0592. The highest BCUT2D eigenvalue weighted by molar-refractivity contribution is 5.92. The molecule has 4 heterocycles. The molecule has 0 radical (unpaired) electrons. The minimum Gasteiger partial charge on any atom is -0.335 e. The van der Waals surface area contributed by atoms with Gasteiger partial charge in [0.25, 0.3) is 5.91 Å². The first-order chi connectivity index (χ1) is 14.2. The van der Waals surface area contributed by atoms with E-state index in [0.29, 0.717) is 31.2 Å². The Hall–Kier alpha value is -2.90. The van der Waals surface area contributed by atoms with Crippen molar-refractivity contribution < 1.29 is 4.79 Å². The SMILES string of the molecule is CCn1nccc1C(=O)N1CCC[C@H](n2c(=O)n(CC3CC3)c3cccnc32)C1. The molecule has 0 unspecified atom stereocenters. The largest absolute Gasteiger partial charge is 0.335 e. The van der Waals surface area contributed by atoms with E-state index in [-0.39, 0.29) is 17.6 Å². The third-order valence-electron chi connectivity index (χ3n) is 6.14. The van der Waals surface area contributed by atoms with Gasteiger partial charge in [-0.1, -0.05) is 0 Å². The topological polar surface area (TPSA) is 78.0 Å². The van der Waals surface area contributed by atoms with E-state index >= 15 is 0 Å². The molecule has 0 aromatic carbocycles.